The molecule has 1 aliphatic rings. The van der Waals surface area contributed by atoms with Gasteiger partial charge in [0, 0.05) is 34.9 Å². The van der Waals surface area contributed by atoms with E-state index in [1.165, 1.54) is 29.1 Å². The average Bonchev–Trinajstić information content (AvgIpc) is 3.43. The van der Waals surface area contributed by atoms with Crippen molar-refractivity contribution in [2.75, 3.05) is 12.3 Å². The fourth-order valence-electron chi connectivity index (χ4n) is 3.77. The summed E-state index contributed by atoms with van der Waals surface area (Å²) in [4.78, 5) is 37.1. The average molecular weight is 610 g/mol. The van der Waals surface area contributed by atoms with Crippen molar-refractivity contribution in [2.24, 2.45) is 0 Å². The van der Waals surface area contributed by atoms with Crippen LogP contribution in [0, 0.1) is 10.1 Å². The maximum Gasteiger partial charge on any atom is 0.708 e. The van der Waals surface area contributed by atoms with Crippen molar-refractivity contribution in [3.63, 3.8) is 0 Å². The minimum atomic E-state index is -5.47. The molecule has 3 heterocycles. The summed E-state index contributed by atoms with van der Waals surface area (Å²) < 4.78 is 57.3. The molecule has 6 N–H and O–H groups in total. The maximum atomic E-state index is 11.9. The molecule has 2 aromatic heterocycles. The van der Waals surface area contributed by atoms with E-state index in [9.17, 15) is 33.8 Å². The molecule has 0 spiro atoms. The SMILES string of the molecule is Nc1ncnc2c1c(-c1cccc([N+](=O)[O-])c1)cn2[C@H]1C[C@H](O)[C@@H](CO[P+](=O)OP(=O)(O)OP(=O)(O)OO)O1. The number of aromatic nitrogens is 3. The van der Waals surface area contributed by atoms with E-state index in [4.69, 9.17) is 25.1 Å². The summed E-state index contributed by atoms with van der Waals surface area (Å²) in [6.07, 6.45) is -0.494. The number of hydrogen-bond acceptors (Lipinski definition) is 15. The molecule has 0 amide bonds. The molecular weight excluding hydrogens is 591 g/mol. The molecule has 1 aliphatic heterocycles. The van der Waals surface area contributed by atoms with E-state index in [1.54, 1.807) is 12.3 Å². The van der Waals surface area contributed by atoms with Crippen LogP contribution in [0.1, 0.15) is 12.6 Å². The van der Waals surface area contributed by atoms with E-state index in [0.29, 0.717) is 16.5 Å². The van der Waals surface area contributed by atoms with Gasteiger partial charge < -0.3 is 25.0 Å². The van der Waals surface area contributed by atoms with Crippen LogP contribution in [0.5, 0.6) is 0 Å². The fourth-order valence-corrected chi connectivity index (χ4v) is 6.45. The van der Waals surface area contributed by atoms with E-state index in [1.807, 2.05) is 0 Å². The first-order chi connectivity index (χ1) is 18.3. The van der Waals surface area contributed by atoms with Crippen LogP contribution >= 0.6 is 23.9 Å². The summed E-state index contributed by atoms with van der Waals surface area (Å²) >= 11 is 0. The lowest BCUT2D eigenvalue weighted by molar-refractivity contribution is -0.384. The van der Waals surface area contributed by atoms with Crippen LogP contribution in [0.15, 0.2) is 36.8 Å². The van der Waals surface area contributed by atoms with E-state index in [0.717, 1.165) is 0 Å². The second kappa shape index (κ2) is 11.4. The molecule has 19 nitrogen and oxygen atoms in total. The molecule has 1 saturated heterocycles. The quantitative estimate of drug-likeness (QED) is 0.0902. The van der Waals surface area contributed by atoms with Crippen LogP contribution in [0.25, 0.3) is 22.2 Å². The highest BCUT2D eigenvalue weighted by Gasteiger charge is 2.46. The number of aliphatic hydroxyl groups is 1. The molecular formula is C17H19N5O14P3+. The molecule has 0 bridgehead atoms. The van der Waals surface area contributed by atoms with Crippen LogP contribution in [-0.4, -0.2) is 58.4 Å². The number of hydrogen-bond donors (Lipinski definition) is 5. The summed E-state index contributed by atoms with van der Waals surface area (Å²) in [5, 5.41) is 30.2. The lowest BCUT2D eigenvalue weighted by Gasteiger charge is -2.14. The lowest BCUT2D eigenvalue weighted by Crippen LogP contribution is -2.25. The molecule has 1 aromatic carbocycles. The number of nitrogens with zero attached hydrogens (tertiary/aromatic N) is 4. The number of aliphatic hydroxyl groups excluding tert-OH is 1. The minimum Gasteiger partial charge on any atom is -0.390 e. The molecule has 4 rings (SSSR count). The van der Waals surface area contributed by atoms with E-state index in [-0.39, 0.29) is 23.6 Å². The number of nitro groups is 1. The van der Waals surface area contributed by atoms with Gasteiger partial charge in [0.05, 0.1) is 16.4 Å². The van der Waals surface area contributed by atoms with Crippen molar-refractivity contribution in [3.8, 4) is 11.1 Å². The number of fused-ring (bicyclic) bond motifs is 1. The monoisotopic (exact) mass is 610 g/mol. The fraction of sp³-hybridized carbons (Fsp3) is 0.294. The number of rotatable bonds is 11. The van der Waals surface area contributed by atoms with Crippen LogP contribution < -0.4 is 5.73 Å². The third kappa shape index (κ3) is 6.70. The second-order valence-electron chi connectivity index (χ2n) is 7.85. The molecule has 210 valence electrons. The van der Waals surface area contributed by atoms with Gasteiger partial charge in [-0.1, -0.05) is 12.1 Å². The Hall–Kier alpha value is -2.76. The Morgan fingerprint density at radius 1 is 1.28 bits per heavy atom. The normalized spacial score (nSPS) is 22.9. The van der Waals surface area contributed by atoms with Gasteiger partial charge in [0.2, 0.25) is 0 Å². The smallest absolute Gasteiger partial charge is 0.390 e. The van der Waals surface area contributed by atoms with Gasteiger partial charge in [-0.05, 0) is 9.87 Å². The molecule has 3 aromatic rings. The van der Waals surface area contributed by atoms with Crippen LogP contribution in [0.4, 0.5) is 11.5 Å². The summed E-state index contributed by atoms with van der Waals surface area (Å²) in [6.45, 7) is -0.631. The number of nitrogens with two attached hydrogens (primary N) is 1. The van der Waals surface area contributed by atoms with E-state index < -0.39 is 53.9 Å². The Labute approximate surface area is 217 Å². The van der Waals surface area contributed by atoms with Gasteiger partial charge >= 0.3 is 23.9 Å². The number of nitro benzene ring substituents is 1. The summed E-state index contributed by atoms with van der Waals surface area (Å²) in [5.74, 6) is 0.0857. The molecule has 22 heteroatoms. The number of nitrogen functional groups attached to an aromatic ring is 1. The highest BCUT2D eigenvalue weighted by molar-refractivity contribution is 7.64. The van der Waals surface area contributed by atoms with E-state index in [2.05, 4.69) is 23.3 Å². The number of phosphoric acid groups is 2. The zero-order valence-corrected chi connectivity index (χ0v) is 21.9. The molecule has 3 unspecified atom stereocenters. The third-order valence-corrected chi connectivity index (χ3v) is 8.92. The standard InChI is InChI=1S/C17H18N5O14P3/c18-16-15-11(9-2-1-3-10(4-9)22(24)25)6-21(17(15)20-8-19-16)14-5-12(23)13(33-14)7-32-37(27)35-39(30,31)36-38(28,29)34-26/h1-4,6,8,12-14,23H,5,7H2,(H4-,18,19,20,26,28,29,30,31)/p+1/t12-,13+,14+/m0/s1. The van der Waals surface area contributed by atoms with Crippen molar-refractivity contribution in [1.29, 1.82) is 0 Å². The molecule has 1 fully saturated rings. The van der Waals surface area contributed by atoms with Gasteiger partial charge in [-0.3, -0.25) is 15.0 Å². The van der Waals surface area contributed by atoms with Crippen molar-refractivity contribution in [3.05, 3.63) is 46.9 Å². The highest BCUT2D eigenvalue weighted by Crippen LogP contribution is 2.63. The summed E-state index contributed by atoms with van der Waals surface area (Å²) in [7, 11) is -14.3. The van der Waals surface area contributed by atoms with Gasteiger partial charge in [0.1, 0.15) is 36.7 Å². The van der Waals surface area contributed by atoms with E-state index >= 15 is 0 Å². The van der Waals surface area contributed by atoms with Crippen molar-refractivity contribution >= 4 is 46.4 Å². The van der Waals surface area contributed by atoms with Crippen LogP contribution in [0.3, 0.4) is 0 Å². The van der Waals surface area contributed by atoms with Gasteiger partial charge in [0.15, 0.2) is 0 Å². The van der Waals surface area contributed by atoms with Gasteiger partial charge in [-0.25, -0.2) is 24.4 Å². The summed E-state index contributed by atoms with van der Waals surface area (Å²) in [5.41, 5.74) is 7.10. The predicted molar refractivity (Wildman–Crippen MR) is 128 cm³/mol. The Morgan fingerprint density at radius 2 is 2.03 bits per heavy atom. The maximum absolute atomic E-state index is 11.9. The topological polar surface area (TPSA) is 278 Å². The van der Waals surface area contributed by atoms with Gasteiger partial charge in [0.25, 0.3) is 5.69 Å². The van der Waals surface area contributed by atoms with Crippen molar-refractivity contribution in [1.82, 2.24) is 14.5 Å². The lowest BCUT2D eigenvalue weighted by atomic mass is 10.1. The predicted octanol–water partition coefficient (Wildman–Crippen LogP) is 2.63. The van der Waals surface area contributed by atoms with Gasteiger partial charge in [-0.15, -0.1) is 9.20 Å². The Bertz CT molecular complexity index is 1520. The largest absolute Gasteiger partial charge is 0.708 e. The number of benzene rings is 1. The zero-order valence-electron chi connectivity index (χ0n) is 19.2. The molecule has 0 radical (unpaired) electrons. The molecule has 0 saturated carbocycles. The van der Waals surface area contributed by atoms with Crippen LogP contribution in [0.2, 0.25) is 0 Å². The van der Waals surface area contributed by atoms with Crippen molar-refractivity contribution < 1.29 is 61.3 Å². The third-order valence-electron chi connectivity index (χ3n) is 5.34. The zero-order chi connectivity index (χ0) is 28.5. The number of anilines is 1. The second-order valence-corrected chi connectivity index (χ2v) is 11.9. The van der Waals surface area contributed by atoms with Crippen LogP contribution in [-0.2, 0) is 36.3 Å². The first-order valence-electron chi connectivity index (χ1n) is 10.5. The first kappa shape index (κ1) is 29.2. The molecule has 39 heavy (non-hydrogen) atoms. The summed E-state index contributed by atoms with van der Waals surface area (Å²) in [6, 6.07) is 5.79. The molecule has 6 atom stereocenters. The first-order valence-corrected chi connectivity index (χ1v) is 14.6. The van der Waals surface area contributed by atoms with Crippen molar-refractivity contribution in [2.45, 2.75) is 24.9 Å². The molecule has 0 aliphatic carbocycles. The number of ether oxygens (including phenoxy) is 1. The number of non-ortho nitro benzene ring substituents is 1. The minimum absolute atomic E-state index is 0.0309. The highest BCUT2D eigenvalue weighted by atomic mass is 31.3. The Kier molecular flexibility index (Phi) is 8.53. The Morgan fingerprint density at radius 3 is 2.72 bits per heavy atom. The Balaban J connectivity index is 1.51. The van der Waals surface area contributed by atoms with Gasteiger partial charge in [-0.2, -0.15) is 4.31 Å².